The molecule has 3 aliphatic rings. The van der Waals surface area contributed by atoms with Gasteiger partial charge < -0.3 is 10.6 Å². The first-order chi connectivity index (χ1) is 13.0. The van der Waals surface area contributed by atoms with Crippen molar-refractivity contribution in [3.05, 3.63) is 30.1 Å². The van der Waals surface area contributed by atoms with Crippen molar-refractivity contribution in [3.63, 3.8) is 0 Å². The molecule has 2 saturated carbocycles. The Labute approximate surface area is 159 Å². The number of nitrogens with zero attached hydrogens (tertiary/aromatic N) is 3. The van der Waals surface area contributed by atoms with E-state index in [9.17, 15) is 14.9 Å². The molecule has 0 aromatic carbocycles. The highest BCUT2D eigenvalue weighted by atomic mass is 16.2. The summed E-state index contributed by atoms with van der Waals surface area (Å²) < 4.78 is 0. The number of rotatable bonds is 4. The van der Waals surface area contributed by atoms with Crippen molar-refractivity contribution < 1.29 is 9.59 Å². The van der Waals surface area contributed by atoms with Gasteiger partial charge in [0.05, 0.1) is 22.8 Å². The summed E-state index contributed by atoms with van der Waals surface area (Å²) in [5.41, 5.74) is 5.30. The standard InChI is InChI=1S/C21H26N4O2/c22-14-20(8-9-20)21(19(23)27)7-2-1-5-17(21)18(26)25-11-6-16(13-25)15-4-3-10-24-12-15/h3-4,10,12,16-17H,1-2,5-9,11,13H2,(H2,23,27). The van der Waals surface area contributed by atoms with Crippen LogP contribution in [-0.2, 0) is 9.59 Å². The van der Waals surface area contributed by atoms with Crippen LogP contribution in [0.1, 0.15) is 56.4 Å². The Bertz CT molecular complexity index is 783. The Morgan fingerprint density at radius 1 is 1.26 bits per heavy atom. The number of amides is 2. The lowest BCUT2D eigenvalue weighted by Gasteiger charge is -2.45. The van der Waals surface area contributed by atoms with Crippen LogP contribution in [0.3, 0.4) is 0 Å². The molecule has 3 unspecified atom stereocenters. The lowest BCUT2D eigenvalue weighted by Crippen LogP contribution is -2.56. The van der Waals surface area contributed by atoms with Gasteiger partial charge in [-0.05, 0) is 43.7 Å². The third-order valence-corrected chi connectivity index (χ3v) is 7.12. The second-order valence-corrected chi connectivity index (χ2v) is 8.38. The Hall–Kier alpha value is -2.42. The number of hydrogen-bond acceptors (Lipinski definition) is 4. The Morgan fingerprint density at radius 2 is 2.07 bits per heavy atom. The van der Waals surface area contributed by atoms with Gasteiger partial charge >= 0.3 is 0 Å². The van der Waals surface area contributed by atoms with Gasteiger partial charge in [0.2, 0.25) is 11.8 Å². The van der Waals surface area contributed by atoms with Crippen LogP contribution in [-0.4, -0.2) is 34.8 Å². The molecule has 0 radical (unpaired) electrons. The van der Waals surface area contributed by atoms with Crippen LogP contribution in [0.4, 0.5) is 0 Å². The molecule has 2 amide bonds. The zero-order valence-electron chi connectivity index (χ0n) is 15.6. The van der Waals surface area contributed by atoms with E-state index >= 15 is 0 Å². The molecule has 2 aliphatic carbocycles. The normalized spacial score (nSPS) is 31.9. The lowest BCUT2D eigenvalue weighted by atomic mass is 9.57. The van der Waals surface area contributed by atoms with E-state index in [1.807, 2.05) is 17.2 Å². The summed E-state index contributed by atoms with van der Waals surface area (Å²) in [5, 5.41) is 9.79. The van der Waals surface area contributed by atoms with Gasteiger partial charge in [-0.3, -0.25) is 14.6 Å². The minimum atomic E-state index is -0.997. The van der Waals surface area contributed by atoms with Crippen molar-refractivity contribution in [3.8, 4) is 6.07 Å². The van der Waals surface area contributed by atoms with E-state index in [0.717, 1.165) is 24.8 Å². The molecule has 27 heavy (non-hydrogen) atoms. The van der Waals surface area contributed by atoms with E-state index in [1.54, 1.807) is 6.20 Å². The Morgan fingerprint density at radius 3 is 2.70 bits per heavy atom. The monoisotopic (exact) mass is 366 g/mol. The number of carbonyl (C=O) groups is 2. The maximum Gasteiger partial charge on any atom is 0.226 e. The predicted octanol–water partition coefficient (Wildman–Crippen LogP) is 2.36. The number of carbonyl (C=O) groups excluding carboxylic acids is 2. The SMILES string of the molecule is N#CC1(C2(C(N)=O)CCCCC2C(=O)N2CCC(c3cccnc3)C2)CC1. The summed E-state index contributed by atoms with van der Waals surface area (Å²) in [6, 6.07) is 6.34. The van der Waals surface area contributed by atoms with Gasteiger partial charge in [0, 0.05) is 31.4 Å². The van der Waals surface area contributed by atoms with Crippen LogP contribution in [0.25, 0.3) is 0 Å². The first-order valence-electron chi connectivity index (χ1n) is 9.94. The minimum absolute atomic E-state index is 0.0152. The van der Waals surface area contributed by atoms with Crippen LogP contribution in [0, 0.1) is 28.1 Å². The fourth-order valence-corrected chi connectivity index (χ4v) is 5.46. The van der Waals surface area contributed by atoms with Gasteiger partial charge in [-0.15, -0.1) is 0 Å². The molecule has 6 nitrogen and oxygen atoms in total. The molecule has 3 atom stereocenters. The van der Waals surface area contributed by atoms with E-state index in [2.05, 4.69) is 17.1 Å². The number of primary amides is 1. The lowest BCUT2D eigenvalue weighted by molar-refractivity contribution is -0.153. The zero-order valence-corrected chi connectivity index (χ0v) is 15.6. The van der Waals surface area contributed by atoms with Gasteiger partial charge in [0.15, 0.2) is 0 Å². The quantitative estimate of drug-likeness (QED) is 0.884. The number of pyridine rings is 1. The topological polar surface area (TPSA) is 100 Å². The molecule has 6 heteroatoms. The third-order valence-electron chi connectivity index (χ3n) is 7.12. The van der Waals surface area contributed by atoms with Crippen LogP contribution in [0.5, 0.6) is 0 Å². The van der Waals surface area contributed by atoms with Crippen molar-refractivity contribution >= 4 is 11.8 Å². The van der Waals surface area contributed by atoms with E-state index in [1.165, 1.54) is 0 Å². The van der Waals surface area contributed by atoms with E-state index < -0.39 is 22.7 Å². The van der Waals surface area contributed by atoms with Crippen molar-refractivity contribution in [2.24, 2.45) is 22.5 Å². The third kappa shape index (κ3) is 2.72. The molecule has 1 aromatic heterocycles. The molecule has 4 rings (SSSR count). The summed E-state index contributed by atoms with van der Waals surface area (Å²) in [6.45, 7) is 1.33. The van der Waals surface area contributed by atoms with Crippen LogP contribution in [0.15, 0.2) is 24.5 Å². The summed E-state index contributed by atoms with van der Waals surface area (Å²) >= 11 is 0. The summed E-state index contributed by atoms with van der Waals surface area (Å²) in [4.78, 5) is 32.2. The van der Waals surface area contributed by atoms with Gasteiger partial charge in [0.1, 0.15) is 0 Å². The second kappa shape index (κ2) is 6.63. The smallest absolute Gasteiger partial charge is 0.226 e. The molecule has 1 saturated heterocycles. The number of nitrogens with two attached hydrogens (primary N) is 1. The van der Waals surface area contributed by atoms with E-state index in [-0.39, 0.29) is 11.8 Å². The average molecular weight is 366 g/mol. The highest BCUT2D eigenvalue weighted by Crippen LogP contribution is 2.65. The molecular formula is C21H26N4O2. The van der Waals surface area contributed by atoms with Crippen LogP contribution >= 0.6 is 0 Å². The maximum atomic E-state index is 13.5. The predicted molar refractivity (Wildman–Crippen MR) is 99.0 cm³/mol. The second-order valence-electron chi connectivity index (χ2n) is 8.38. The summed E-state index contributed by atoms with van der Waals surface area (Å²) in [6.07, 6.45) is 8.84. The Balaban J connectivity index is 1.59. The summed E-state index contributed by atoms with van der Waals surface area (Å²) in [7, 11) is 0. The van der Waals surface area contributed by atoms with E-state index in [0.29, 0.717) is 38.8 Å². The average Bonchev–Trinajstić information content (AvgIpc) is 3.36. The van der Waals surface area contributed by atoms with Crippen molar-refractivity contribution in [1.82, 2.24) is 9.88 Å². The molecule has 1 aromatic rings. The number of hydrogen-bond donors (Lipinski definition) is 1. The zero-order chi connectivity index (χ0) is 19.1. The molecule has 1 aliphatic heterocycles. The van der Waals surface area contributed by atoms with Crippen molar-refractivity contribution in [1.29, 1.82) is 5.26 Å². The molecule has 142 valence electrons. The van der Waals surface area contributed by atoms with Gasteiger partial charge in [-0.25, -0.2) is 0 Å². The first kappa shape index (κ1) is 18.0. The number of likely N-dealkylation sites (tertiary alicyclic amines) is 1. The minimum Gasteiger partial charge on any atom is -0.369 e. The van der Waals surface area contributed by atoms with Crippen LogP contribution < -0.4 is 5.73 Å². The highest BCUT2D eigenvalue weighted by molar-refractivity contribution is 5.92. The first-order valence-corrected chi connectivity index (χ1v) is 9.94. The maximum absolute atomic E-state index is 13.5. The van der Waals surface area contributed by atoms with Gasteiger partial charge in [-0.1, -0.05) is 18.9 Å². The van der Waals surface area contributed by atoms with Crippen molar-refractivity contribution in [2.45, 2.75) is 50.9 Å². The van der Waals surface area contributed by atoms with Crippen molar-refractivity contribution in [2.75, 3.05) is 13.1 Å². The number of aromatic nitrogens is 1. The van der Waals surface area contributed by atoms with Crippen LogP contribution in [0.2, 0.25) is 0 Å². The molecule has 2 heterocycles. The molecule has 2 N–H and O–H groups in total. The molecule has 0 bridgehead atoms. The van der Waals surface area contributed by atoms with Gasteiger partial charge in [0.25, 0.3) is 0 Å². The fourth-order valence-electron chi connectivity index (χ4n) is 5.46. The molecule has 0 spiro atoms. The highest BCUT2D eigenvalue weighted by Gasteiger charge is 2.68. The Kier molecular flexibility index (Phi) is 4.41. The molecular weight excluding hydrogens is 340 g/mol. The fraction of sp³-hybridized carbons (Fsp3) is 0.619. The van der Waals surface area contributed by atoms with E-state index in [4.69, 9.17) is 5.73 Å². The largest absolute Gasteiger partial charge is 0.369 e. The molecule has 3 fully saturated rings. The van der Waals surface area contributed by atoms with Gasteiger partial charge in [-0.2, -0.15) is 5.26 Å². The number of nitriles is 1. The summed E-state index contributed by atoms with van der Waals surface area (Å²) in [5.74, 6) is -0.623.